The van der Waals surface area contributed by atoms with E-state index in [1.807, 2.05) is 42.3 Å². The minimum atomic E-state index is -0.0895. The second-order valence-corrected chi connectivity index (χ2v) is 10.4. The molecule has 1 unspecified atom stereocenters. The van der Waals surface area contributed by atoms with Crippen molar-refractivity contribution in [2.24, 2.45) is 7.05 Å². The number of rotatable bonds is 6. The van der Waals surface area contributed by atoms with Crippen molar-refractivity contribution >= 4 is 33.7 Å². The fourth-order valence-electron chi connectivity index (χ4n) is 5.65. The van der Waals surface area contributed by atoms with Crippen LogP contribution in [0, 0.1) is 5.41 Å². The van der Waals surface area contributed by atoms with Crippen molar-refractivity contribution in [1.29, 1.82) is 5.41 Å². The summed E-state index contributed by atoms with van der Waals surface area (Å²) < 4.78 is 2.05. The molecular weight excluding hydrogens is 500 g/mol. The van der Waals surface area contributed by atoms with Gasteiger partial charge in [-0.15, -0.1) is 0 Å². The highest BCUT2D eigenvalue weighted by atomic mass is 16.1. The third-order valence-corrected chi connectivity index (χ3v) is 7.94. The van der Waals surface area contributed by atoms with Crippen LogP contribution in [0.1, 0.15) is 51.8 Å². The zero-order valence-corrected chi connectivity index (χ0v) is 23.1. The van der Waals surface area contributed by atoms with Crippen molar-refractivity contribution in [3.05, 3.63) is 94.8 Å². The molecule has 1 aliphatic heterocycles. The van der Waals surface area contributed by atoms with E-state index in [4.69, 9.17) is 15.4 Å². The predicted octanol–water partition coefficient (Wildman–Crippen LogP) is 4.09. The van der Waals surface area contributed by atoms with Gasteiger partial charge in [0.2, 0.25) is 0 Å². The van der Waals surface area contributed by atoms with Gasteiger partial charge in [0.25, 0.3) is 5.91 Å². The number of hydrogen-bond donors (Lipinski definition) is 4. The quantitative estimate of drug-likeness (QED) is 0.194. The van der Waals surface area contributed by atoms with Gasteiger partial charge >= 0.3 is 0 Å². The van der Waals surface area contributed by atoms with Crippen LogP contribution in [0.15, 0.2) is 60.7 Å². The van der Waals surface area contributed by atoms with Crippen molar-refractivity contribution in [2.45, 2.75) is 32.2 Å². The minimum absolute atomic E-state index is 0.0572. The Morgan fingerprint density at radius 3 is 2.80 bits per heavy atom. The Labute approximate surface area is 233 Å². The lowest BCUT2D eigenvalue weighted by Gasteiger charge is -2.27. The van der Waals surface area contributed by atoms with Crippen LogP contribution in [0.25, 0.3) is 21.8 Å². The fourth-order valence-corrected chi connectivity index (χ4v) is 5.65. The first-order valence-electron chi connectivity index (χ1n) is 13.7. The number of H-pyrrole nitrogens is 1. The van der Waals surface area contributed by atoms with Crippen molar-refractivity contribution in [3.8, 4) is 0 Å². The maximum absolute atomic E-state index is 13.0. The van der Waals surface area contributed by atoms with Gasteiger partial charge in [0.1, 0.15) is 11.6 Å². The Hall–Kier alpha value is -4.66. The first kappa shape index (κ1) is 25.6. The van der Waals surface area contributed by atoms with Gasteiger partial charge in [-0.3, -0.25) is 10.2 Å². The lowest BCUT2D eigenvalue weighted by atomic mass is 10.0. The number of carbonyl (C=O) groups is 1. The van der Waals surface area contributed by atoms with Crippen LogP contribution in [0.4, 0.5) is 0 Å². The Morgan fingerprint density at radius 2 is 1.95 bits per heavy atom. The molecule has 9 heteroatoms. The van der Waals surface area contributed by atoms with Gasteiger partial charge in [0.05, 0.1) is 29.2 Å². The smallest absolute Gasteiger partial charge is 0.251 e. The number of nitrogens with one attached hydrogen (secondary N) is 4. The Kier molecular flexibility index (Phi) is 6.71. The molecule has 3 aromatic carbocycles. The summed E-state index contributed by atoms with van der Waals surface area (Å²) in [4.78, 5) is 28.3. The van der Waals surface area contributed by atoms with Gasteiger partial charge in [0.15, 0.2) is 5.96 Å². The Bertz CT molecular complexity index is 1730. The number of benzene rings is 3. The standard InChI is InChI=1S/C31H34N8O/c1-19(28-35-24-14-16-39(31(32)33-2)18-26(24)36-28)29-37-25-12-11-22(17-27(25)38(29)3)30(40)34-15-13-21-9-6-8-20-7-4-5-10-23(20)21/h4-12,17,19H,13-16,18H2,1-3H3,(H2,32,33)(H,34,40)(H,35,36). The maximum Gasteiger partial charge on any atom is 0.251 e. The second-order valence-electron chi connectivity index (χ2n) is 10.4. The molecule has 1 atom stereocenters. The third-order valence-electron chi connectivity index (χ3n) is 7.94. The lowest BCUT2D eigenvalue weighted by molar-refractivity contribution is 0.0954. The van der Waals surface area contributed by atoms with Crippen LogP contribution < -0.4 is 10.6 Å². The van der Waals surface area contributed by atoms with E-state index in [-0.39, 0.29) is 11.8 Å². The second kappa shape index (κ2) is 10.5. The van der Waals surface area contributed by atoms with Gasteiger partial charge in [0, 0.05) is 44.9 Å². The van der Waals surface area contributed by atoms with E-state index in [0.717, 1.165) is 53.5 Å². The number of aromatic nitrogens is 4. The van der Waals surface area contributed by atoms with Crippen LogP contribution in [-0.2, 0) is 26.4 Å². The van der Waals surface area contributed by atoms with E-state index in [1.165, 1.54) is 16.3 Å². The summed E-state index contributed by atoms with van der Waals surface area (Å²) in [6.45, 7) is 4.05. The van der Waals surface area contributed by atoms with E-state index in [2.05, 4.69) is 57.4 Å². The van der Waals surface area contributed by atoms with Crippen LogP contribution in [0.5, 0.6) is 0 Å². The van der Waals surface area contributed by atoms with Crippen LogP contribution >= 0.6 is 0 Å². The average molecular weight is 535 g/mol. The molecule has 0 aliphatic carbocycles. The van der Waals surface area contributed by atoms with Crippen molar-refractivity contribution in [1.82, 2.24) is 35.1 Å². The fraction of sp³-hybridized carbons (Fsp3) is 0.290. The van der Waals surface area contributed by atoms with Gasteiger partial charge in [-0.2, -0.15) is 0 Å². The van der Waals surface area contributed by atoms with Crippen LogP contribution in [0.3, 0.4) is 0 Å². The first-order chi connectivity index (χ1) is 19.4. The number of imidazole rings is 2. The first-order valence-corrected chi connectivity index (χ1v) is 13.7. The monoisotopic (exact) mass is 534 g/mol. The lowest BCUT2D eigenvalue weighted by Crippen LogP contribution is -2.41. The molecule has 204 valence electrons. The van der Waals surface area contributed by atoms with E-state index in [1.54, 1.807) is 7.05 Å². The molecule has 0 saturated carbocycles. The molecule has 0 fully saturated rings. The van der Waals surface area contributed by atoms with E-state index in [0.29, 0.717) is 24.6 Å². The number of hydrogen-bond acceptors (Lipinski definition) is 4. The Morgan fingerprint density at radius 1 is 1.12 bits per heavy atom. The molecule has 2 aromatic heterocycles. The van der Waals surface area contributed by atoms with E-state index >= 15 is 0 Å². The van der Waals surface area contributed by atoms with Crippen molar-refractivity contribution in [2.75, 3.05) is 20.1 Å². The highest BCUT2D eigenvalue weighted by Gasteiger charge is 2.26. The van der Waals surface area contributed by atoms with Gasteiger partial charge in [-0.1, -0.05) is 42.5 Å². The Balaban J connectivity index is 1.17. The molecule has 0 saturated heterocycles. The zero-order chi connectivity index (χ0) is 27.8. The number of amides is 1. The maximum atomic E-state index is 13.0. The summed E-state index contributed by atoms with van der Waals surface area (Å²) in [5, 5.41) is 16.5. The van der Waals surface area contributed by atoms with Gasteiger partial charge < -0.3 is 25.1 Å². The summed E-state index contributed by atoms with van der Waals surface area (Å²) in [5.74, 6) is 2.01. The predicted molar refractivity (Wildman–Crippen MR) is 158 cm³/mol. The van der Waals surface area contributed by atoms with Crippen molar-refractivity contribution < 1.29 is 4.79 Å². The molecule has 0 bridgehead atoms. The zero-order valence-electron chi connectivity index (χ0n) is 23.1. The summed E-state index contributed by atoms with van der Waals surface area (Å²) in [6.07, 6.45) is 1.59. The number of aryl methyl sites for hydroxylation is 1. The molecule has 0 spiro atoms. The molecule has 5 aromatic rings. The number of nitrogens with zero attached hydrogens (tertiary/aromatic N) is 4. The number of guanidine groups is 1. The van der Waals surface area contributed by atoms with E-state index in [9.17, 15) is 4.79 Å². The molecule has 0 radical (unpaired) electrons. The number of aromatic amines is 1. The van der Waals surface area contributed by atoms with Crippen LogP contribution in [0.2, 0.25) is 0 Å². The molecular formula is C31H34N8O. The summed E-state index contributed by atoms with van der Waals surface area (Å²) >= 11 is 0. The molecule has 9 nitrogen and oxygen atoms in total. The average Bonchev–Trinajstić information content (AvgIpc) is 3.56. The molecule has 1 aliphatic rings. The largest absolute Gasteiger partial charge is 0.359 e. The normalized spacial score (nSPS) is 13.8. The molecule has 4 N–H and O–H groups in total. The summed E-state index contributed by atoms with van der Waals surface area (Å²) in [5.41, 5.74) is 5.72. The molecule has 40 heavy (non-hydrogen) atoms. The van der Waals surface area contributed by atoms with Gasteiger partial charge in [-0.05, 0) is 47.9 Å². The highest BCUT2D eigenvalue weighted by Crippen LogP contribution is 2.28. The minimum Gasteiger partial charge on any atom is -0.359 e. The van der Waals surface area contributed by atoms with Crippen LogP contribution in [-0.4, -0.2) is 56.4 Å². The molecule has 6 rings (SSSR count). The van der Waals surface area contributed by atoms with Gasteiger partial charge in [-0.25, -0.2) is 9.97 Å². The highest BCUT2D eigenvalue weighted by molar-refractivity contribution is 5.97. The number of fused-ring (bicyclic) bond motifs is 3. The number of carbonyl (C=O) groups excluding carboxylic acids is 1. The topological polar surface area (TPSA) is 115 Å². The molecule has 3 heterocycles. The van der Waals surface area contributed by atoms with Crippen molar-refractivity contribution in [3.63, 3.8) is 0 Å². The SMILES string of the molecule is CNC(=N)N1CCc2[nH]c(C(C)c3nc4ccc(C(=O)NCCc5cccc6ccccc56)cc4n3C)nc2C1. The molecule has 1 amide bonds. The summed E-state index contributed by atoms with van der Waals surface area (Å²) in [7, 11) is 3.76. The third kappa shape index (κ3) is 4.68. The van der Waals surface area contributed by atoms with E-state index < -0.39 is 0 Å². The summed E-state index contributed by atoms with van der Waals surface area (Å²) in [6, 6.07) is 20.3.